The van der Waals surface area contributed by atoms with Crippen molar-refractivity contribution >= 4 is 61.1 Å². The van der Waals surface area contributed by atoms with Crippen LogP contribution >= 0.6 is 38.5 Å². The number of para-hydroxylation sites is 2. The molecule has 0 aliphatic rings. The number of hydrogen-bond acceptors (Lipinski definition) is 2. The van der Waals surface area contributed by atoms with Crippen LogP contribution in [0.5, 0.6) is 0 Å². The summed E-state index contributed by atoms with van der Waals surface area (Å²) in [5.41, 5.74) is 1.46. The van der Waals surface area contributed by atoms with Gasteiger partial charge < -0.3 is 9.73 Å². The van der Waals surface area contributed by atoms with E-state index in [1.807, 2.05) is 42.5 Å². The number of anilines is 1. The van der Waals surface area contributed by atoms with Crippen molar-refractivity contribution in [2.75, 3.05) is 5.32 Å². The number of nitrogens with one attached hydrogen (secondary N) is 1. The highest BCUT2D eigenvalue weighted by molar-refractivity contribution is 14.1. The number of amides is 1. The first-order valence-electron chi connectivity index (χ1n) is 5.89. The van der Waals surface area contributed by atoms with Crippen LogP contribution in [0.1, 0.15) is 10.6 Å². The van der Waals surface area contributed by atoms with E-state index in [2.05, 4.69) is 43.8 Å². The third kappa shape index (κ3) is 2.60. The van der Waals surface area contributed by atoms with Gasteiger partial charge in [-0.05, 0) is 62.8 Å². The fourth-order valence-electron chi connectivity index (χ4n) is 1.89. The summed E-state index contributed by atoms with van der Waals surface area (Å²) >= 11 is 5.59. The predicted molar refractivity (Wildman–Crippen MR) is 91.0 cm³/mol. The summed E-state index contributed by atoms with van der Waals surface area (Å²) in [7, 11) is 0. The number of halogens is 2. The number of furan rings is 1. The second-order valence-corrected chi connectivity index (χ2v) is 6.22. The topological polar surface area (TPSA) is 42.2 Å². The van der Waals surface area contributed by atoms with Gasteiger partial charge in [0.1, 0.15) is 5.58 Å². The average Bonchev–Trinajstić information content (AvgIpc) is 2.87. The molecule has 0 bridgehead atoms. The van der Waals surface area contributed by atoms with Crippen molar-refractivity contribution < 1.29 is 9.21 Å². The van der Waals surface area contributed by atoms with Crippen LogP contribution in [0.3, 0.4) is 0 Å². The van der Waals surface area contributed by atoms with Crippen molar-refractivity contribution in [2.45, 2.75) is 0 Å². The van der Waals surface area contributed by atoms with E-state index in [4.69, 9.17) is 4.42 Å². The third-order valence-electron chi connectivity index (χ3n) is 2.84. The first-order valence-corrected chi connectivity index (χ1v) is 7.76. The summed E-state index contributed by atoms with van der Waals surface area (Å²) in [6.07, 6.45) is 0. The summed E-state index contributed by atoms with van der Waals surface area (Å²) in [5, 5.41) is 3.75. The van der Waals surface area contributed by atoms with E-state index >= 15 is 0 Å². The molecule has 0 radical (unpaired) electrons. The van der Waals surface area contributed by atoms with Gasteiger partial charge in [0.05, 0.1) is 10.2 Å². The Morgan fingerprint density at radius 1 is 1.15 bits per heavy atom. The highest BCUT2D eigenvalue weighted by Gasteiger charge is 2.14. The maximum atomic E-state index is 12.2. The van der Waals surface area contributed by atoms with E-state index < -0.39 is 0 Å². The van der Waals surface area contributed by atoms with Gasteiger partial charge in [-0.2, -0.15) is 0 Å². The van der Waals surface area contributed by atoms with Gasteiger partial charge in [-0.25, -0.2) is 0 Å². The number of rotatable bonds is 2. The molecular weight excluding hydrogens is 433 g/mol. The average molecular weight is 442 g/mol. The fourth-order valence-corrected chi connectivity index (χ4v) is 2.87. The van der Waals surface area contributed by atoms with E-state index in [-0.39, 0.29) is 5.91 Å². The van der Waals surface area contributed by atoms with E-state index in [0.29, 0.717) is 11.3 Å². The van der Waals surface area contributed by atoms with Gasteiger partial charge in [0.25, 0.3) is 5.91 Å². The highest BCUT2D eigenvalue weighted by Crippen LogP contribution is 2.27. The molecule has 0 saturated heterocycles. The van der Waals surface area contributed by atoms with E-state index in [1.165, 1.54) is 0 Å². The molecule has 0 fully saturated rings. The molecule has 3 rings (SSSR count). The van der Waals surface area contributed by atoms with Crippen LogP contribution in [0.4, 0.5) is 5.69 Å². The van der Waals surface area contributed by atoms with Gasteiger partial charge in [0.15, 0.2) is 5.76 Å². The lowest BCUT2D eigenvalue weighted by atomic mass is 10.2. The Balaban J connectivity index is 1.93. The molecule has 1 heterocycles. The molecule has 0 unspecified atom stereocenters. The van der Waals surface area contributed by atoms with Crippen LogP contribution in [-0.2, 0) is 0 Å². The second kappa shape index (κ2) is 5.57. The zero-order chi connectivity index (χ0) is 14.1. The lowest BCUT2D eigenvalue weighted by Gasteiger charge is -2.04. The Morgan fingerprint density at radius 2 is 1.95 bits per heavy atom. The molecule has 5 heteroatoms. The highest BCUT2D eigenvalue weighted by atomic mass is 127. The first kappa shape index (κ1) is 13.6. The SMILES string of the molecule is O=C(Nc1ccccc1I)c1cc2cccc(Br)c2o1. The molecule has 100 valence electrons. The van der Waals surface area contributed by atoms with Crippen LogP contribution in [0.15, 0.2) is 57.4 Å². The van der Waals surface area contributed by atoms with Crippen LogP contribution in [0, 0.1) is 3.57 Å². The third-order valence-corrected chi connectivity index (χ3v) is 4.41. The van der Waals surface area contributed by atoms with Crippen LogP contribution in [-0.4, -0.2) is 5.91 Å². The predicted octanol–water partition coefficient (Wildman–Crippen LogP) is 5.05. The zero-order valence-corrected chi connectivity index (χ0v) is 13.9. The molecule has 20 heavy (non-hydrogen) atoms. The van der Waals surface area contributed by atoms with E-state index in [9.17, 15) is 4.79 Å². The molecule has 0 atom stereocenters. The van der Waals surface area contributed by atoms with Crippen molar-refractivity contribution in [3.8, 4) is 0 Å². The molecule has 3 aromatic rings. The summed E-state index contributed by atoms with van der Waals surface area (Å²) in [6, 6.07) is 15.0. The Bertz CT molecular complexity index is 797. The molecule has 0 spiro atoms. The van der Waals surface area contributed by atoms with Crippen molar-refractivity contribution in [3.05, 3.63) is 62.3 Å². The lowest BCUT2D eigenvalue weighted by Crippen LogP contribution is -2.11. The summed E-state index contributed by atoms with van der Waals surface area (Å²) in [6.45, 7) is 0. The van der Waals surface area contributed by atoms with Gasteiger partial charge in [0, 0.05) is 8.96 Å². The molecule has 0 aliphatic heterocycles. The number of hydrogen-bond donors (Lipinski definition) is 1. The molecule has 2 aromatic carbocycles. The monoisotopic (exact) mass is 441 g/mol. The van der Waals surface area contributed by atoms with Crippen LogP contribution < -0.4 is 5.32 Å². The van der Waals surface area contributed by atoms with E-state index in [0.717, 1.165) is 19.1 Å². The molecule has 1 amide bonds. The maximum Gasteiger partial charge on any atom is 0.291 e. The number of carbonyl (C=O) groups is 1. The standard InChI is InChI=1S/C15H9BrINO2/c16-10-5-3-4-9-8-13(20-14(9)10)15(19)18-12-7-2-1-6-11(12)17/h1-8H,(H,18,19). The quantitative estimate of drug-likeness (QED) is 0.565. The zero-order valence-electron chi connectivity index (χ0n) is 10.2. The number of benzene rings is 2. The smallest absolute Gasteiger partial charge is 0.291 e. The summed E-state index contributed by atoms with van der Waals surface area (Å²) < 4.78 is 7.43. The Hall–Kier alpha value is -1.34. The first-order chi connectivity index (χ1) is 9.65. The van der Waals surface area contributed by atoms with Crippen molar-refractivity contribution in [3.63, 3.8) is 0 Å². The molecule has 3 nitrogen and oxygen atoms in total. The van der Waals surface area contributed by atoms with Gasteiger partial charge in [-0.1, -0.05) is 24.3 Å². The normalized spacial score (nSPS) is 10.7. The number of carbonyl (C=O) groups excluding carboxylic acids is 1. The van der Waals surface area contributed by atoms with E-state index in [1.54, 1.807) is 6.07 Å². The second-order valence-electron chi connectivity index (χ2n) is 4.20. The Kier molecular flexibility index (Phi) is 3.80. The molecular formula is C15H9BrINO2. The Morgan fingerprint density at radius 3 is 2.70 bits per heavy atom. The summed E-state index contributed by atoms with van der Waals surface area (Å²) in [5.74, 6) is 0.0452. The summed E-state index contributed by atoms with van der Waals surface area (Å²) in [4.78, 5) is 12.2. The van der Waals surface area contributed by atoms with Gasteiger partial charge in [-0.15, -0.1) is 0 Å². The van der Waals surface area contributed by atoms with Gasteiger partial charge in [-0.3, -0.25) is 4.79 Å². The largest absolute Gasteiger partial charge is 0.450 e. The van der Waals surface area contributed by atoms with Gasteiger partial charge in [0.2, 0.25) is 0 Å². The van der Waals surface area contributed by atoms with Crippen molar-refractivity contribution in [1.29, 1.82) is 0 Å². The minimum absolute atomic E-state index is 0.253. The maximum absolute atomic E-state index is 12.2. The molecule has 0 saturated carbocycles. The van der Waals surface area contributed by atoms with Crippen molar-refractivity contribution in [2.24, 2.45) is 0 Å². The van der Waals surface area contributed by atoms with Crippen LogP contribution in [0.25, 0.3) is 11.0 Å². The minimum Gasteiger partial charge on any atom is -0.450 e. The molecule has 0 aliphatic carbocycles. The Labute approximate surface area is 137 Å². The molecule has 1 aromatic heterocycles. The van der Waals surface area contributed by atoms with Crippen LogP contribution in [0.2, 0.25) is 0 Å². The minimum atomic E-state index is -0.253. The van der Waals surface area contributed by atoms with Gasteiger partial charge >= 0.3 is 0 Å². The lowest BCUT2D eigenvalue weighted by molar-refractivity contribution is 0.0998. The van der Waals surface area contributed by atoms with Crippen molar-refractivity contribution in [1.82, 2.24) is 0 Å². The fraction of sp³-hybridized carbons (Fsp3) is 0. The molecule has 1 N–H and O–H groups in total. The number of fused-ring (bicyclic) bond motifs is 1.